The molecule has 1 aliphatic heterocycles. The Bertz CT molecular complexity index is 542. The lowest BCUT2D eigenvalue weighted by Crippen LogP contribution is -2.33. The number of hydrogen-bond donors (Lipinski definition) is 1. The third-order valence-corrected chi connectivity index (χ3v) is 3.68. The fourth-order valence-electron chi connectivity index (χ4n) is 2.70. The van der Waals surface area contributed by atoms with Crippen LogP contribution in [0.25, 0.3) is 5.52 Å². The molecule has 0 unspecified atom stereocenters. The van der Waals surface area contributed by atoms with Crippen molar-refractivity contribution in [3.05, 3.63) is 24.2 Å². The number of aromatic nitrogens is 3. The molecule has 0 bridgehead atoms. The lowest BCUT2D eigenvalue weighted by Gasteiger charge is -2.26. The number of aryl methyl sites for hydroxylation is 1. The first-order valence-corrected chi connectivity index (χ1v) is 7.10. The van der Waals surface area contributed by atoms with E-state index in [2.05, 4.69) is 26.4 Å². The van der Waals surface area contributed by atoms with E-state index in [-0.39, 0.29) is 0 Å². The maximum absolute atomic E-state index is 4.41. The summed E-state index contributed by atoms with van der Waals surface area (Å²) >= 11 is 0. The predicted octanol–water partition coefficient (Wildman–Crippen LogP) is 1.94. The van der Waals surface area contributed by atoms with E-state index in [1.165, 1.54) is 32.4 Å². The van der Waals surface area contributed by atoms with Crippen LogP contribution >= 0.6 is 0 Å². The van der Waals surface area contributed by atoms with Gasteiger partial charge in [0, 0.05) is 25.5 Å². The van der Waals surface area contributed by atoms with E-state index in [4.69, 9.17) is 0 Å². The first-order valence-electron chi connectivity index (χ1n) is 7.10. The molecular formula is C14H21N5. The molecule has 0 atom stereocenters. The van der Waals surface area contributed by atoms with Crippen molar-refractivity contribution < 1.29 is 0 Å². The zero-order valence-corrected chi connectivity index (χ0v) is 11.5. The van der Waals surface area contributed by atoms with Gasteiger partial charge in [0.1, 0.15) is 5.52 Å². The van der Waals surface area contributed by atoms with Crippen molar-refractivity contribution in [2.24, 2.45) is 0 Å². The summed E-state index contributed by atoms with van der Waals surface area (Å²) in [6.07, 6.45) is 7.76. The topological polar surface area (TPSA) is 45.5 Å². The van der Waals surface area contributed by atoms with Gasteiger partial charge in [-0.1, -0.05) is 6.42 Å². The second kappa shape index (κ2) is 5.57. The Labute approximate surface area is 113 Å². The maximum Gasteiger partial charge on any atom is 0.152 e. The zero-order valence-electron chi connectivity index (χ0n) is 11.5. The van der Waals surface area contributed by atoms with E-state index in [9.17, 15) is 0 Å². The number of piperidine rings is 1. The summed E-state index contributed by atoms with van der Waals surface area (Å²) in [5, 5.41) is 7.83. The monoisotopic (exact) mass is 259 g/mol. The molecule has 102 valence electrons. The Balaban J connectivity index is 1.61. The molecule has 0 saturated carbocycles. The van der Waals surface area contributed by atoms with Crippen LogP contribution in [-0.2, 0) is 0 Å². The molecule has 2 aromatic rings. The summed E-state index contributed by atoms with van der Waals surface area (Å²) in [7, 11) is 0. The molecule has 1 saturated heterocycles. The van der Waals surface area contributed by atoms with Crippen LogP contribution in [0.2, 0.25) is 0 Å². The van der Waals surface area contributed by atoms with Crippen LogP contribution in [0.15, 0.2) is 18.5 Å². The molecule has 0 radical (unpaired) electrons. The number of hydrogen-bond acceptors (Lipinski definition) is 4. The molecule has 3 rings (SSSR count). The largest absolute Gasteiger partial charge is 0.367 e. The van der Waals surface area contributed by atoms with Gasteiger partial charge in [0.15, 0.2) is 5.82 Å². The summed E-state index contributed by atoms with van der Waals surface area (Å²) in [5.41, 5.74) is 2.07. The van der Waals surface area contributed by atoms with Gasteiger partial charge in [-0.25, -0.2) is 9.50 Å². The van der Waals surface area contributed by atoms with E-state index in [0.717, 1.165) is 30.1 Å². The minimum absolute atomic E-state index is 0.931. The average Bonchev–Trinajstić information content (AvgIpc) is 2.81. The summed E-state index contributed by atoms with van der Waals surface area (Å²) in [6, 6.07) is 2.07. The van der Waals surface area contributed by atoms with Crippen molar-refractivity contribution in [1.82, 2.24) is 19.5 Å². The molecular weight excluding hydrogens is 238 g/mol. The third kappa shape index (κ3) is 2.87. The highest BCUT2D eigenvalue weighted by molar-refractivity contribution is 5.67. The summed E-state index contributed by atoms with van der Waals surface area (Å²) in [5.74, 6) is 0.931. The number of fused-ring (bicyclic) bond motifs is 1. The molecule has 19 heavy (non-hydrogen) atoms. The van der Waals surface area contributed by atoms with E-state index >= 15 is 0 Å². The molecule has 1 N–H and O–H groups in total. The van der Waals surface area contributed by atoms with E-state index < -0.39 is 0 Å². The SMILES string of the molecule is Cc1cc2c(NCCN3CCCCC3)nccn2n1. The van der Waals surface area contributed by atoms with E-state index in [1.807, 2.05) is 17.6 Å². The lowest BCUT2D eigenvalue weighted by atomic mass is 10.1. The van der Waals surface area contributed by atoms with Crippen molar-refractivity contribution in [2.45, 2.75) is 26.2 Å². The Morgan fingerprint density at radius 3 is 2.95 bits per heavy atom. The van der Waals surface area contributed by atoms with Crippen molar-refractivity contribution in [3.8, 4) is 0 Å². The van der Waals surface area contributed by atoms with Crippen molar-refractivity contribution in [2.75, 3.05) is 31.5 Å². The molecule has 0 amide bonds. The smallest absolute Gasteiger partial charge is 0.152 e. The molecule has 1 fully saturated rings. The van der Waals surface area contributed by atoms with Gasteiger partial charge in [-0.3, -0.25) is 0 Å². The molecule has 1 aliphatic rings. The number of likely N-dealkylation sites (tertiary alicyclic amines) is 1. The van der Waals surface area contributed by atoms with Gasteiger partial charge in [-0.2, -0.15) is 5.10 Å². The minimum atomic E-state index is 0.931. The number of rotatable bonds is 4. The van der Waals surface area contributed by atoms with Gasteiger partial charge in [0.2, 0.25) is 0 Å². The summed E-state index contributed by atoms with van der Waals surface area (Å²) in [6.45, 7) is 6.52. The minimum Gasteiger partial charge on any atom is -0.367 e. The number of anilines is 1. The van der Waals surface area contributed by atoms with Gasteiger partial charge >= 0.3 is 0 Å². The van der Waals surface area contributed by atoms with Gasteiger partial charge in [0.05, 0.1) is 5.69 Å². The molecule has 0 spiro atoms. The second-order valence-corrected chi connectivity index (χ2v) is 5.22. The summed E-state index contributed by atoms with van der Waals surface area (Å²) < 4.78 is 1.88. The van der Waals surface area contributed by atoms with Gasteiger partial charge < -0.3 is 10.2 Å². The van der Waals surface area contributed by atoms with Gasteiger partial charge in [0.25, 0.3) is 0 Å². The molecule has 5 heteroatoms. The first-order chi connectivity index (χ1) is 9.33. The van der Waals surface area contributed by atoms with E-state index in [1.54, 1.807) is 6.20 Å². The lowest BCUT2D eigenvalue weighted by molar-refractivity contribution is 0.237. The Morgan fingerprint density at radius 2 is 2.11 bits per heavy atom. The second-order valence-electron chi connectivity index (χ2n) is 5.22. The van der Waals surface area contributed by atoms with Crippen LogP contribution < -0.4 is 5.32 Å². The van der Waals surface area contributed by atoms with Gasteiger partial charge in [-0.15, -0.1) is 0 Å². The van der Waals surface area contributed by atoms with Crippen molar-refractivity contribution >= 4 is 11.3 Å². The molecule has 5 nitrogen and oxygen atoms in total. The van der Waals surface area contributed by atoms with Crippen molar-refractivity contribution in [1.29, 1.82) is 0 Å². The molecule has 0 aromatic carbocycles. The first kappa shape index (κ1) is 12.4. The standard InChI is InChI=1S/C14H21N5/c1-12-11-13-14(16-6-10-19(13)17-12)15-5-9-18-7-3-2-4-8-18/h6,10-11H,2-5,7-9H2,1H3,(H,15,16). The predicted molar refractivity (Wildman–Crippen MR) is 76.5 cm³/mol. The van der Waals surface area contributed by atoms with Crippen LogP contribution in [0.4, 0.5) is 5.82 Å². The molecule has 3 heterocycles. The Kier molecular flexibility index (Phi) is 3.64. The summed E-state index contributed by atoms with van der Waals surface area (Å²) in [4.78, 5) is 6.94. The fourth-order valence-corrected chi connectivity index (χ4v) is 2.70. The fraction of sp³-hybridized carbons (Fsp3) is 0.571. The van der Waals surface area contributed by atoms with E-state index in [0.29, 0.717) is 0 Å². The number of nitrogens with zero attached hydrogens (tertiary/aromatic N) is 4. The molecule has 0 aliphatic carbocycles. The highest BCUT2D eigenvalue weighted by atomic mass is 15.2. The Hall–Kier alpha value is -1.62. The Morgan fingerprint density at radius 1 is 1.26 bits per heavy atom. The zero-order chi connectivity index (χ0) is 13.1. The highest BCUT2D eigenvalue weighted by Crippen LogP contribution is 2.14. The maximum atomic E-state index is 4.41. The third-order valence-electron chi connectivity index (χ3n) is 3.68. The normalized spacial score (nSPS) is 16.9. The number of nitrogens with one attached hydrogen (secondary N) is 1. The quantitative estimate of drug-likeness (QED) is 0.911. The average molecular weight is 259 g/mol. The van der Waals surface area contributed by atoms with Crippen molar-refractivity contribution in [3.63, 3.8) is 0 Å². The highest BCUT2D eigenvalue weighted by Gasteiger charge is 2.10. The molecule has 2 aromatic heterocycles. The van der Waals surface area contributed by atoms with Crippen LogP contribution in [0.1, 0.15) is 25.0 Å². The van der Waals surface area contributed by atoms with Crippen LogP contribution in [0.3, 0.4) is 0 Å². The van der Waals surface area contributed by atoms with Crippen LogP contribution in [0, 0.1) is 6.92 Å². The van der Waals surface area contributed by atoms with Crippen LogP contribution in [-0.4, -0.2) is 45.7 Å². The van der Waals surface area contributed by atoms with Gasteiger partial charge in [-0.05, 0) is 38.9 Å². The van der Waals surface area contributed by atoms with Crippen LogP contribution in [0.5, 0.6) is 0 Å².